The molecule has 1 N–H and O–H groups in total. The molecule has 0 aliphatic carbocycles. The smallest absolute Gasteiger partial charge is 0.251 e. The molecule has 0 fully saturated rings. The van der Waals surface area contributed by atoms with Crippen LogP contribution in [-0.2, 0) is 0 Å². The van der Waals surface area contributed by atoms with E-state index in [1.54, 1.807) is 11.3 Å². The van der Waals surface area contributed by atoms with Crippen molar-refractivity contribution in [2.24, 2.45) is 5.41 Å². The summed E-state index contributed by atoms with van der Waals surface area (Å²) < 4.78 is 1.12. The van der Waals surface area contributed by atoms with Crippen molar-refractivity contribution in [3.63, 3.8) is 0 Å². The molecular formula is C17H24N2OS. The number of amides is 1. The summed E-state index contributed by atoms with van der Waals surface area (Å²) in [5.41, 5.74) is 1.52. The van der Waals surface area contributed by atoms with Crippen LogP contribution in [0.3, 0.4) is 0 Å². The molecule has 0 aliphatic heterocycles. The molecule has 0 saturated heterocycles. The first-order valence-electron chi connectivity index (χ1n) is 7.25. The van der Waals surface area contributed by atoms with E-state index in [4.69, 9.17) is 0 Å². The van der Waals surface area contributed by atoms with Crippen LogP contribution in [0.25, 0.3) is 10.2 Å². The van der Waals surface area contributed by atoms with E-state index in [2.05, 4.69) is 44.9 Å². The van der Waals surface area contributed by atoms with Crippen molar-refractivity contribution >= 4 is 27.5 Å². The Labute approximate surface area is 130 Å². The van der Waals surface area contributed by atoms with Gasteiger partial charge in [0.2, 0.25) is 0 Å². The SMILES string of the molecule is Cc1nc2cc(C(=O)NC(C)(C)CC(C)(C)C)ccc2s1. The van der Waals surface area contributed by atoms with Crippen LogP contribution in [0.4, 0.5) is 0 Å². The third kappa shape index (κ3) is 4.27. The van der Waals surface area contributed by atoms with E-state index >= 15 is 0 Å². The highest BCUT2D eigenvalue weighted by Crippen LogP contribution is 2.27. The van der Waals surface area contributed by atoms with Crippen LogP contribution >= 0.6 is 11.3 Å². The molecule has 0 radical (unpaired) electrons. The van der Waals surface area contributed by atoms with E-state index in [1.807, 2.05) is 25.1 Å². The van der Waals surface area contributed by atoms with Gasteiger partial charge in [-0.3, -0.25) is 4.79 Å². The first kappa shape index (κ1) is 16.0. The Hall–Kier alpha value is -1.42. The molecule has 1 aromatic carbocycles. The first-order valence-corrected chi connectivity index (χ1v) is 8.07. The molecule has 1 aromatic heterocycles. The van der Waals surface area contributed by atoms with Crippen molar-refractivity contribution in [2.75, 3.05) is 0 Å². The van der Waals surface area contributed by atoms with Gasteiger partial charge in [0, 0.05) is 11.1 Å². The van der Waals surface area contributed by atoms with Crippen LogP contribution in [0.1, 0.15) is 56.4 Å². The zero-order chi connectivity index (χ0) is 15.8. The molecule has 1 amide bonds. The second-order valence-corrected chi connectivity index (χ2v) is 8.73. The molecule has 1 heterocycles. The van der Waals surface area contributed by atoms with E-state index in [9.17, 15) is 4.79 Å². The van der Waals surface area contributed by atoms with E-state index in [0.717, 1.165) is 21.6 Å². The highest BCUT2D eigenvalue weighted by atomic mass is 32.1. The van der Waals surface area contributed by atoms with Crippen LogP contribution in [0.2, 0.25) is 0 Å². The van der Waals surface area contributed by atoms with Gasteiger partial charge in [0.25, 0.3) is 5.91 Å². The Morgan fingerprint density at radius 3 is 2.52 bits per heavy atom. The number of fused-ring (bicyclic) bond motifs is 1. The van der Waals surface area contributed by atoms with Crippen molar-refractivity contribution in [2.45, 2.75) is 53.5 Å². The highest BCUT2D eigenvalue weighted by molar-refractivity contribution is 7.18. The predicted octanol–water partition coefficient (Wildman–Crippen LogP) is 4.55. The normalized spacial score (nSPS) is 12.7. The molecule has 0 saturated carbocycles. The van der Waals surface area contributed by atoms with E-state index < -0.39 is 0 Å². The minimum Gasteiger partial charge on any atom is -0.347 e. The Balaban J connectivity index is 2.18. The van der Waals surface area contributed by atoms with Crippen molar-refractivity contribution in [1.82, 2.24) is 10.3 Å². The number of thiazole rings is 1. The average Bonchev–Trinajstić information content (AvgIpc) is 2.63. The lowest BCUT2D eigenvalue weighted by Gasteiger charge is -2.33. The molecule has 2 aromatic rings. The van der Waals surface area contributed by atoms with Gasteiger partial charge < -0.3 is 5.32 Å². The average molecular weight is 304 g/mol. The maximum absolute atomic E-state index is 12.5. The van der Waals surface area contributed by atoms with E-state index in [1.165, 1.54) is 0 Å². The number of nitrogens with zero attached hydrogens (tertiary/aromatic N) is 1. The van der Waals surface area contributed by atoms with Gasteiger partial charge in [0.05, 0.1) is 15.2 Å². The Bertz CT molecular complexity index is 665. The van der Waals surface area contributed by atoms with Crippen LogP contribution in [0.5, 0.6) is 0 Å². The van der Waals surface area contributed by atoms with E-state index in [0.29, 0.717) is 5.56 Å². The van der Waals surface area contributed by atoms with Crippen LogP contribution in [-0.4, -0.2) is 16.4 Å². The number of hydrogen-bond acceptors (Lipinski definition) is 3. The maximum Gasteiger partial charge on any atom is 0.251 e. The fraction of sp³-hybridized carbons (Fsp3) is 0.529. The summed E-state index contributed by atoms with van der Waals surface area (Å²) in [5.74, 6) is -0.0307. The molecular weight excluding hydrogens is 280 g/mol. The van der Waals surface area contributed by atoms with Crippen LogP contribution in [0.15, 0.2) is 18.2 Å². The summed E-state index contributed by atoms with van der Waals surface area (Å²) in [7, 11) is 0. The molecule has 0 spiro atoms. The topological polar surface area (TPSA) is 42.0 Å². The van der Waals surface area contributed by atoms with Crippen molar-refractivity contribution in [3.05, 3.63) is 28.8 Å². The molecule has 0 atom stereocenters. The van der Waals surface area contributed by atoms with Gasteiger partial charge in [-0.25, -0.2) is 4.98 Å². The minimum absolute atomic E-state index is 0.0307. The number of nitrogens with one attached hydrogen (secondary N) is 1. The predicted molar refractivity (Wildman–Crippen MR) is 90.0 cm³/mol. The maximum atomic E-state index is 12.5. The van der Waals surface area contributed by atoms with Crippen LogP contribution in [0, 0.1) is 12.3 Å². The van der Waals surface area contributed by atoms with Crippen LogP contribution < -0.4 is 5.32 Å². The Morgan fingerprint density at radius 2 is 1.90 bits per heavy atom. The molecule has 0 bridgehead atoms. The van der Waals surface area contributed by atoms with Crippen molar-refractivity contribution in [3.8, 4) is 0 Å². The van der Waals surface area contributed by atoms with Crippen molar-refractivity contribution < 1.29 is 4.79 Å². The quantitative estimate of drug-likeness (QED) is 0.904. The van der Waals surface area contributed by atoms with E-state index in [-0.39, 0.29) is 16.9 Å². The third-order valence-corrected chi connectivity index (χ3v) is 4.13. The van der Waals surface area contributed by atoms with Gasteiger partial charge in [0.1, 0.15) is 0 Å². The first-order chi connectivity index (χ1) is 9.56. The lowest BCUT2D eigenvalue weighted by molar-refractivity contribution is 0.0891. The number of rotatable bonds is 3. The van der Waals surface area contributed by atoms with Gasteiger partial charge in [0.15, 0.2) is 0 Å². The zero-order valence-corrected chi connectivity index (χ0v) is 14.5. The second kappa shape index (κ2) is 5.41. The summed E-state index contributed by atoms with van der Waals surface area (Å²) in [6.07, 6.45) is 0.920. The van der Waals surface area contributed by atoms with Gasteiger partial charge >= 0.3 is 0 Å². The molecule has 2 rings (SSSR count). The number of aromatic nitrogens is 1. The third-order valence-electron chi connectivity index (χ3n) is 3.18. The summed E-state index contributed by atoms with van der Waals surface area (Å²) >= 11 is 1.65. The lowest BCUT2D eigenvalue weighted by atomic mass is 9.81. The lowest BCUT2D eigenvalue weighted by Crippen LogP contribution is -2.45. The standard InChI is InChI=1S/C17H24N2OS/c1-11-18-13-9-12(7-8-14(13)21-11)15(20)19-17(5,6)10-16(2,3)4/h7-9H,10H2,1-6H3,(H,19,20). The number of carbonyl (C=O) groups excluding carboxylic acids is 1. The number of carbonyl (C=O) groups is 1. The largest absolute Gasteiger partial charge is 0.347 e. The monoisotopic (exact) mass is 304 g/mol. The number of benzene rings is 1. The molecule has 3 nitrogen and oxygen atoms in total. The molecule has 21 heavy (non-hydrogen) atoms. The second-order valence-electron chi connectivity index (χ2n) is 7.49. The van der Waals surface area contributed by atoms with Gasteiger partial charge in [-0.1, -0.05) is 20.8 Å². The molecule has 0 unspecified atom stereocenters. The van der Waals surface area contributed by atoms with Crippen molar-refractivity contribution in [1.29, 1.82) is 0 Å². The summed E-state index contributed by atoms with van der Waals surface area (Å²) in [6, 6.07) is 5.73. The molecule has 4 heteroatoms. The fourth-order valence-electron chi connectivity index (χ4n) is 2.93. The minimum atomic E-state index is -0.234. The number of hydrogen-bond donors (Lipinski definition) is 1. The number of aryl methyl sites for hydroxylation is 1. The summed E-state index contributed by atoms with van der Waals surface area (Å²) in [5, 5.41) is 4.16. The zero-order valence-electron chi connectivity index (χ0n) is 13.7. The highest BCUT2D eigenvalue weighted by Gasteiger charge is 2.27. The molecule has 0 aliphatic rings. The van der Waals surface area contributed by atoms with Gasteiger partial charge in [-0.2, -0.15) is 0 Å². The summed E-state index contributed by atoms with van der Waals surface area (Å²) in [6.45, 7) is 12.7. The Kier molecular flexibility index (Phi) is 4.11. The summed E-state index contributed by atoms with van der Waals surface area (Å²) in [4.78, 5) is 16.9. The fourth-order valence-corrected chi connectivity index (χ4v) is 3.74. The molecule has 114 valence electrons. The Morgan fingerprint density at radius 1 is 1.24 bits per heavy atom. The van der Waals surface area contributed by atoms with Gasteiger partial charge in [-0.05, 0) is 50.8 Å². The van der Waals surface area contributed by atoms with Gasteiger partial charge in [-0.15, -0.1) is 11.3 Å².